The normalized spacial score (nSPS) is 14.8. The van der Waals surface area contributed by atoms with Crippen molar-refractivity contribution in [3.05, 3.63) is 53.9 Å². The molecule has 0 spiro atoms. The van der Waals surface area contributed by atoms with Crippen LogP contribution in [0, 0.1) is 0 Å². The summed E-state index contributed by atoms with van der Waals surface area (Å²) >= 11 is 1.64. The van der Waals surface area contributed by atoms with Crippen molar-refractivity contribution in [3.63, 3.8) is 0 Å². The van der Waals surface area contributed by atoms with Crippen LogP contribution in [-0.2, 0) is 0 Å². The Morgan fingerprint density at radius 2 is 1.89 bits per heavy atom. The summed E-state index contributed by atoms with van der Waals surface area (Å²) in [5.74, 6) is -0.251. The highest BCUT2D eigenvalue weighted by Gasteiger charge is 2.17. The Balaban J connectivity index is 1.47. The van der Waals surface area contributed by atoms with Crippen molar-refractivity contribution in [1.82, 2.24) is 14.9 Å². The van der Waals surface area contributed by atoms with Crippen LogP contribution in [0.15, 0.2) is 48.1 Å². The van der Waals surface area contributed by atoms with Gasteiger partial charge < -0.3 is 20.9 Å². The lowest BCUT2D eigenvalue weighted by Gasteiger charge is -2.33. The number of nitrogens with zero attached hydrogens (tertiary/aromatic N) is 4. The van der Waals surface area contributed by atoms with Gasteiger partial charge in [-0.3, -0.25) is 4.79 Å². The molecule has 0 saturated carbocycles. The maximum Gasteiger partial charge on any atom is 0.293 e. The van der Waals surface area contributed by atoms with Gasteiger partial charge in [-0.15, -0.1) is 11.3 Å². The first kappa shape index (κ1) is 18.4. The van der Waals surface area contributed by atoms with E-state index < -0.39 is 0 Å². The van der Waals surface area contributed by atoms with Gasteiger partial charge in [0.2, 0.25) is 5.82 Å². The molecule has 3 heterocycles. The van der Waals surface area contributed by atoms with Crippen LogP contribution in [0.1, 0.15) is 10.6 Å². The number of nitrogens with one attached hydrogen (secondary N) is 1. The van der Waals surface area contributed by atoms with E-state index >= 15 is 0 Å². The van der Waals surface area contributed by atoms with Crippen LogP contribution in [0.5, 0.6) is 0 Å². The highest BCUT2D eigenvalue weighted by molar-refractivity contribution is 7.13. The van der Waals surface area contributed by atoms with Gasteiger partial charge in [0.25, 0.3) is 5.91 Å². The Hall–Kier alpha value is -2.97. The third-order valence-electron chi connectivity index (χ3n) is 4.82. The highest BCUT2D eigenvalue weighted by Crippen LogP contribution is 2.30. The van der Waals surface area contributed by atoms with Crippen LogP contribution in [0.2, 0.25) is 0 Å². The summed E-state index contributed by atoms with van der Waals surface area (Å²) in [7, 11) is 2.11. The maximum absolute atomic E-state index is 12.6. The molecule has 28 heavy (non-hydrogen) atoms. The van der Waals surface area contributed by atoms with Gasteiger partial charge in [-0.05, 0) is 36.2 Å². The molecule has 0 radical (unpaired) electrons. The van der Waals surface area contributed by atoms with E-state index in [1.165, 1.54) is 0 Å². The van der Waals surface area contributed by atoms with Crippen molar-refractivity contribution < 1.29 is 4.79 Å². The van der Waals surface area contributed by atoms with Gasteiger partial charge in [0.05, 0.1) is 29.5 Å². The standard InChI is InChI=1S/C20H22N6OS/c1-25-6-8-26(9-7-25)15-12-22-19(23-13-15)20(27)24-17-11-14(4-5-16(17)21)18-3-2-10-28-18/h2-5,10-13H,6-9,21H2,1H3,(H,24,27). The van der Waals surface area contributed by atoms with Crippen molar-refractivity contribution in [3.8, 4) is 10.4 Å². The van der Waals surface area contributed by atoms with E-state index in [9.17, 15) is 4.79 Å². The number of hydrogen-bond acceptors (Lipinski definition) is 7. The number of nitrogens with two attached hydrogens (primary N) is 1. The first-order valence-corrected chi connectivity index (χ1v) is 9.98. The quantitative estimate of drug-likeness (QED) is 0.662. The molecule has 4 rings (SSSR count). The lowest BCUT2D eigenvalue weighted by Crippen LogP contribution is -2.44. The van der Waals surface area contributed by atoms with Crippen LogP contribution in [0.3, 0.4) is 0 Å². The predicted molar refractivity (Wildman–Crippen MR) is 114 cm³/mol. The van der Waals surface area contributed by atoms with Crippen molar-refractivity contribution in [2.24, 2.45) is 0 Å². The van der Waals surface area contributed by atoms with E-state index in [0.29, 0.717) is 11.4 Å². The second-order valence-electron chi connectivity index (χ2n) is 6.79. The number of rotatable bonds is 4. The number of piperazine rings is 1. The molecule has 3 N–H and O–H groups in total. The first-order chi connectivity index (χ1) is 13.6. The number of amides is 1. The molecule has 8 heteroatoms. The molecule has 0 aliphatic carbocycles. The summed E-state index contributed by atoms with van der Waals surface area (Å²) in [4.78, 5) is 26.7. The third-order valence-corrected chi connectivity index (χ3v) is 5.74. The largest absolute Gasteiger partial charge is 0.397 e. The highest BCUT2D eigenvalue weighted by atomic mass is 32.1. The maximum atomic E-state index is 12.6. The number of thiophene rings is 1. The molecule has 1 aromatic carbocycles. The molecule has 0 atom stereocenters. The number of benzene rings is 1. The van der Waals surface area contributed by atoms with E-state index in [0.717, 1.165) is 42.3 Å². The van der Waals surface area contributed by atoms with Crippen molar-refractivity contribution in [2.75, 3.05) is 49.2 Å². The monoisotopic (exact) mass is 394 g/mol. The smallest absolute Gasteiger partial charge is 0.293 e. The van der Waals surface area contributed by atoms with Gasteiger partial charge >= 0.3 is 0 Å². The minimum Gasteiger partial charge on any atom is -0.397 e. The first-order valence-electron chi connectivity index (χ1n) is 9.10. The van der Waals surface area contributed by atoms with Gasteiger partial charge in [-0.25, -0.2) is 9.97 Å². The van der Waals surface area contributed by atoms with E-state index in [1.807, 2.05) is 29.6 Å². The molecular formula is C20H22N6OS. The minimum absolute atomic E-state index is 0.124. The summed E-state index contributed by atoms with van der Waals surface area (Å²) < 4.78 is 0. The number of anilines is 3. The zero-order valence-corrected chi connectivity index (χ0v) is 16.4. The average Bonchev–Trinajstić information content (AvgIpc) is 3.25. The zero-order valence-electron chi connectivity index (χ0n) is 15.6. The average molecular weight is 395 g/mol. The van der Waals surface area contributed by atoms with Gasteiger partial charge in [-0.2, -0.15) is 0 Å². The molecule has 1 amide bonds. The summed E-state index contributed by atoms with van der Waals surface area (Å²) in [6, 6.07) is 9.63. The summed E-state index contributed by atoms with van der Waals surface area (Å²) in [5.41, 5.74) is 9.04. The van der Waals surface area contributed by atoms with Gasteiger partial charge in [-0.1, -0.05) is 12.1 Å². The molecule has 0 unspecified atom stereocenters. The third kappa shape index (κ3) is 3.97. The molecule has 1 fully saturated rings. The molecule has 1 aliphatic heterocycles. The molecule has 3 aromatic rings. The molecule has 7 nitrogen and oxygen atoms in total. The summed E-state index contributed by atoms with van der Waals surface area (Å²) in [5, 5.41) is 4.84. The Morgan fingerprint density at radius 3 is 2.57 bits per heavy atom. The lowest BCUT2D eigenvalue weighted by atomic mass is 10.1. The SMILES string of the molecule is CN1CCN(c2cnc(C(=O)Nc3cc(-c4cccs4)ccc3N)nc2)CC1. The van der Waals surface area contributed by atoms with E-state index in [1.54, 1.807) is 29.8 Å². The fourth-order valence-corrected chi connectivity index (χ4v) is 3.83. The lowest BCUT2D eigenvalue weighted by molar-refractivity contribution is 0.101. The molecule has 0 bridgehead atoms. The topological polar surface area (TPSA) is 87.4 Å². The van der Waals surface area contributed by atoms with Crippen LogP contribution >= 0.6 is 11.3 Å². The van der Waals surface area contributed by atoms with E-state index in [-0.39, 0.29) is 11.7 Å². The predicted octanol–water partition coefficient (Wildman–Crippen LogP) is 2.79. The number of carbonyl (C=O) groups excluding carboxylic acids is 1. The number of nitrogen functional groups attached to an aromatic ring is 1. The summed E-state index contributed by atoms with van der Waals surface area (Å²) in [6.07, 6.45) is 3.41. The van der Waals surface area contributed by atoms with Crippen LogP contribution < -0.4 is 16.0 Å². The minimum atomic E-state index is -0.375. The van der Waals surface area contributed by atoms with Gasteiger partial charge in [0.15, 0.2) is 0 Å². The van der Waals surface area contributed by atoms with E-state index in [2.05, 4.69) is 32.1 Å². The Morgan fingerprint density at radius 1 is 1.14 bits per heavy atom. The molecular weight excluding hydrogens is 372 g/mol. The fraction of sp³-hybridized carbons (Fsp3) is 0.250. The zero-order chi connectivity index (χ0) is 19.5. The summed E-state index contributed by atoms with van der Waals surface area (Å²) in [6.45, 7) is 3.86. The Kier molecular flexibility index (Phi) is 5.23. The number of carbonyl (C=O) groups is 1. The van der Waals surface area contributed by atoms with Crippen LogP contribution in [0.25, 0.3) is 10.4 Å². The fourth-order valence-electron chi connectivity index (χ4n) is 3.11. The molecule has 2 aromatic heterocycles. The van der Waals surface area contributed by atoms with Crippen molar-refractivity contribution >= 4 is 34.3 Å². The number of aromatic nitrogens is 2. The van der Waals surface area contributed by atoms with Crippen LogP contribution in [0.4, 0.5) is 17.1 Å². The Bertz CT molecular complexity index is 949. The number of hydrogen-bond donors (Lipinski definition) is 2. The molecule has 1 aliphatic rings. The molecule has 1 saturated heterocycles. The Labute approximate surface area is 167 Å². The van der Waals surface area contributed by atoms with Crippen molar-refractivity contribution in [1.29, 1.82) is 0 Å². The van der Waals surface area contributed by atoms with Crippen LogP contribution in [-0.4, -0.2) is 54.0 Å². The molecule has 144 valence electrons. The van der Waals surface area contributed by atoms with Gasteiger partial charge in [0, 0.05) is 31.1 Å². The number of likely N-dealkylation sites (N-methyl/N-ethyl adjacent to an activating group) is 1. The van der Waals surface area contributed by atoms with Crippen molar-refractivity contribution in [2.45, 2.75) is 0 Å². The second kappa shape index (κ2) is 7.95. The second-order valence-corrected chi connectivity index (χ2v) is 7.74. The van der Waals surface area contributed by atoms with E-state index in [4.69, 9.17) is 5.73 Å². The van der Waals surface area contributed by atoms with Gasteiger partial charge in [0.1, 0.15) is 0 Å².